The Balaban J connectivity index is 2.32. The molecule has 0 bridgehead atoms. The molecule has 12 heavy (non-hydrogen) atoms. The Morgan fingerprint density at radius 1 is 1.58 bits per heavy atom. The highest BCUT2D eigenvalue weighted by molar-refractivity contribution is 6.32. The highest BCUT2D eigenvalue weighted by Crippen LogP contribution is 2.28. The number of hydrogen-bond acceptors (Lipinski definition) is 2. The summed E-state index contributed by atoms with van der Waals surface area (Å²) in [5.41, 5.74) is 0.652. The Morgan fingerprint density at radius 3 is 3.25 bits per heavy atom. The minimum atomic E-state index is -0.137. The predicted octanol–water partition coefficient (Wildman–Crippen LogP) is 1.26. The zero-order valence-electron chi connectivity index (χ0n) is 6.39. The van der Waals surface area contributed by atoms with E-state index in [1.54, 1.807) is 0 Å². The lowest BCUT2D eigenvalue weighted by molar-refractivity contribution is -0.125. The second kappa shape index (κ2) is 2.83. The highest BCUT2D eigenvalue weighted by atomic mass is 35.5. The van der Waals surface area contributed by atoms with Gasteiger partial charge in [-0.25, -0.2) is 0 Å². The van der Waals surface area contributed by atoms with E-state index in [-0.39, 0.29) is 12.5 Å². The summed E-state index contributed by atoms with van der Waals surface area (Å²) in [6, 6.07) is 0. The summed E-state index contributed by atoms with van der Waals surface area (Å²) in [6.45, 7) is 0.114. The van der Waals surface area contributed by atoms with E-state index in [1.807, 2.05) is 6.08 Å². The molecule has 0 fully saturated rings. The molecule has 1 aliphatic carbocycles. The first-order valence-electron chi connectivity index (χ1n) is 3.79. The fraction of sp³-hybridized carbons (Fsp3) is 0.375. The molecule has 3 nitrogen and oxygen atoms in total. The second-order valence-electron chi connectivity index (χ2n) is 2.73. The van der Waals surface area contributed by atoms with Crippen molar-refractivity contribution >= 4 is 17.5 Å². The van der Waals surface area contributed by atoms with Gasteiger partial charge in [-0.15, -0.1) is 0 Å². The van der Waals surface area contributed by atoms with Crippen molar-refractivity contribution in [2.45, 2.75) is 12.8 Å². The number of amides is 1. The summed E-state index contributed by atoms with van der Waals surface area (Å²) in [5, 5.41) is 3.27. The molecule has 0 spiro atoms. The van der Waals surface area contributed by atoms with Crippen molar-refractivity contribution in [1.82, 2.24) is 5.32 Å². The van der Waals surface area contributed by atoms with Gasteiger partial charge < -0.3 is 10.1 Å². The summed E-state index contributed by atoms with van der Waals surface area (Å²) in [4.78, 5) is 10.9. The number of hydrogen-bond donors (Lipinski definition) is 1. The van der Waals surface area contributed by atoms with Crippen molar-refractivity contribution < 1.29 is 9.53 Å². The summed E-state index contributed by atoms with van der Waals surface area (Å²) < 4.78 is 5.21. The van der Waals surface area contributed by atoms with Crippen LogP contribution in [0.4, 0.5) is 0 Å². The maximum Gasteiger partial charge on any atom is 0.262 e. The van der Waals surface area contributed by atoms with Gasteiger partial charge in [0, 0.05) is 6.42 Å². The van der Waals surface area contributed by atoms with Gasteiger partial charge in [0.1, 0.15) is 5.76 Å². The molecule has 64 valence electrons. The Bertz CT molecular complexity index is 293. The van der Waals surface area contributed by atoms with Crippen LogP contribution in [0.2, 0.25) is 0 Å². The van der Waals surface area contributed by atoms with Crippen molar-refractivity contribution in [1.29, 1.82) is 0 Å². The molecular weight excluding hydrogens is 178 g/mol. The number of nitrogens with one attached hydrogen (secondary N) is 1. The Kier molecular flexibility index (Phi) is 1.81. The van der Waals surface area contributed by atoms with Gasteiger partial charge in [0.25, 0.3) is 5.91 Å². The van der Waals surface area contributed by atoms with Gasteiger partial charge in [-0.2, -0.15) is 0 Å². The first kappa shape index (κ1) is 7.68. The van der Waals surface area contributed by atoms with Gasteiger partial charge in [-0.1, -0.05) is 17.7 Å². The molecular formula is C8H8ClNO2. The standard InChI is InChI=1S/C8H8ClNO2/c9-5-2-1-3-6-8(5)10-7(11)4-12-6/h2H,1,3-4H2,(H,10,11). The van der Waals surface area contributed by atoms with Gasteiger partial charge >= 0.3 is 0 Å². The quantitative estimate of drug-likeness (QED) is 0.617. The van der Waals surface area contributed by atoms with E-state index >= 15 is 0 Å². The third-order valence-corrected chi connectivity index (χ3v) is 2.20. The minimum Gasteiger partial charge on any atom is -0.486 e. The molecule has 0 unspecified atom stereocenters. The van der Waals surface area contributed by atoms with Gasteiger partial charge in [-0.3, -0.25) is 4.79 Å². The smallest absolute Gasteiger partial charge is 0.262 e. The molecule has 1 aliphatic heterocycles. The molecule has 0 aromatic rings. The van der Waals surface area contributed by atoms with Crippen LogP contribution in [-0.4, -0.2) is 12.5 Å². The lowest BCUT2D eigenvalue weighted by Crippen LogP contribution is -2.34. The third-order valence-electron chi connectivity index (χ3n) is 1.85. The van der Waals surface area contributed by atoms with E-state index in [2.05, 4.69) is 5.32 Å². The third kappa shape index (κ3) is 1.20. The number of carbonyl (C=O) groups excluding carboxylic acids is 1. The molecule has 1 N–H and O–H groups in total. The van der Waals surface area contributed by atoms with Crippen LogP contribution in [0.15, 0.2) is 22.6 Å². The normalized spacial score (nSPS) is 22.4. The number of ether oxygens (including phenoxy) is 1. The van der Waals surface area contributed by atoms with Crippen LogP contribution >= 0.6 is 11.6 Å². The van der Waals surface area contributed by atoms with Crippen molar-refractivity contribution in [2.75, 3.05) is 6.61 Å². The first-order valence-corrected chi connectivity index (χ1v) is 4.17. The minimum absolute atomic E-state index is 0.114. The molecule has 1 heterocycles. The van der Waals surface area contributed by atoms with E-state index in [1.165, 1.54) is 0 Å². The van der Waals surface area contributed by atoms with E-state index < -0.39 is 0 Å². The summed E-state index contributed by atoms with van der Waals surface area (Å²) in [6.07, 6.45) is 3.59. The molecule has 1 amide bonds. The van der Waals surface area contributed by atoms with Crippen molar-refractivity contribution in [2.24, 2.45) is 0 Å². The molecule has 4 heteroatoms. The van der Waals surface area contributed by atoms with Gasteiger partial charge in [-0.05, 0) is 6.42 Å². The largest absolute Gasteiger partial charge is 0.486 e. The fourth-order valence-corrected chi connectivity index (χ4v) is 1.55. The van der Waals surface area contributed by atoms with E-state index in [0.29, 0.717) is 10.7 Å². The number of rotatable bonds is 0. The van der Waals surface area contributed by atoms with Crippen LogP contribution in [0.5, 0.6) is 0 Å². The summed E-state index contributed by atoms with van der Waals surface area (Å²) in [7, 11) is 0. The van der Waals surface area contributed by atoms with Crippen LogP contribution in [0.25, 0.3) is 0 Å². The predicted molar refractivity (Wildman–Crippen MR) is 44.3 cm³/mol. The Morgan fingerprint density at radius 2 is 2.42 bits per heavy atom. The maximum atomic E-state index is 10.9. The molecule has 0 aromatic carbocycles. The Hall–Kier alpha value is -0.960. The van der Waals surface area contributed by atoms with Crippen LogP contribution in [-0.2, 0) is 9.53 Å². The number of allylic oxidation sites excluding steroid dienone is 3. The average molecular weight is 186 g/mol. The van der Waals surface area contributed by atoms with E-state index in [4.69, 9.17) is 16.3 Å². The summed E-state index contributed by atoms with van der Waals surface area (Å²) in [5.74, 6) is 0.671. The number of carbonyl (C=O) groups is 1. The van der Waals surface area contributed by atoms with E-state index in [9.17, 15) is 4.79 Å². The molecule has 2 rings (SSSR count). The molecule has 0 radical (unpaired) electrons. The molecule has 0 saturated carbocycles. The monoisotopic (exact) mass is 185 g/mol. The van der Waals surface area contributed by atoms with Crippen LogP contribution in [0.3, 0.4) is 0 Å². The molecule has 0 aromatic heterocycles. The molecule has 0 atom stereocenters. The Labute approximate surface area is 75.0 Å². The number of halogens is 1. The lowest BCUT2D eigenvalue weighted by Gasteiger charge is -2.23. The van der Waals surface area contributed by atoms with Gasteiger partial charge in [0.15, 0.2) is 6.61 Å². The zero-order valence-corrected chi connectivity index (χ0v) is 7.15. The topological polar surface area (TPSA) is 38.3 Å². The van der Waals surface area contributed by atoms with Gasteiger partial charge in [0.2, 0.25) is 0 Å². The van der Waals surface area contributed by atoms with Crippen LogP contribution in [0.1, 0.15) is 12.8 Å². The summed E-state index contributed by atoms with van der Waals surface area (Å²) >= 11 is 5.86. The van der Waals surface area contributed by atoms with Crippen LogP contribution < -0.4 is 5.32 Å². The molecule has 0 saturated heterocycles. The average Bonchev–Trinajstić information content (AvgIpc) is 2.07. The highest BCUT2D eigenvalue weighted by Gasteiger charge is 2.23. The molecule has 2 aliphatic rings. The SMILES string of the molecule is O=C1COC2=C(N1)C(Cl)=CCC2. The van der Waals surface area contributed by atoms with Crippen molar-refractivity contribution in [3.05, 3.63) is 22.6 Å². The van der Waals surface area contributed by atoms with Crippen molar-refractivity contribution in [3.8, 4) is 0 Å². The maximum absolute atomic E-state index is 10.9. The van der Waals surface area contributed by atoms with Gasteiger partial charge in [0.05, 0.1) is 10.7 Å². The van der Waals surface area contributed by atoms with E-state index in [0.717, 1.165) is 18.6 Å². The lowest BCUT2D eigenvalue weighted by atomic mass is 10.1. The van der Waals surface area contributed by atoms with Crippen molar-refractivity contribution in [3.63, 3.8) is 0 Å². The second-order valence-corrected chi connectivity index (χ2v) is 3.13. The fourth-order valence-electron chi connectivity index (χ4n) is 1.29. The van der Waals surface area contributed by atoms with Crippen LogP contribution in [0, 0.1) is 0 Å². The zero-order chi connectivity index (χ0) is 8.55. The first-order chi connectivity index (χ1) is 5.77.